The molecule has 0 radical (unpaired) electrons. The largest absolute Gasteiger partial charge is 0.352 e. The molecule has 1 aromatic carbocycles. The van der Waals surface area contributed by atoms with Gasteiger partial charge in [-0.1, -0.05) is 18.2 Å². The predicted molar refractivity (Wildman–Crippen MR) is 114 cm³/mol. The number of nitrogens with zero attached hydrogens (tertiary/aromatic N) is 4. The topological polar surface area (TPSA) is 61.4 Å². The lowest BCUT2D eigenvalue weighted by Crippen LogP contribution is -2.50. The molecule has 1 fully saturated rings. The van der Waals surface area contributed by atoms with Crippen molar-refractivity contribution in [2.24, 2.45) is 0 Å². The highest BCUT2D eigenvalue weighted by Gasteiger charge is 2.22. The summed E-state index contributed by atoms with van der Waals surface area (Å²) in [5.41, 5.74) is 3.97. The van der Waals surface area contributed by atoms with Crippen LogP contribution in [0.5, 0.6) is 0 Å². The van der Waals surface area contributed by atoms with Crippen molar-refractivity contribution in [1.29, 1.82) is 0 Å². The minimum atomic E-state index is -0.0486. The number of benzene rings is 1. The van der Waals surface area contributed by atoms with Crippen LogP contribution in [0.4, 0.5) is 16.3 Å². The fourth-order valence-corrected chi connectivity index (χ4v) is 3.94. The molecular weight excluding hydrogens is 370 g/mol. The first-order valence-corrected chi connectivity index (χ1v) is 10.2. The molecule has 0 bridgehead atoms. The zero-order chi connectivity index (χ0) is 19.5. The summed E-state index contributed by atoms with van der Waals surface area (Å²) in [6, 6.07) is 14.1. The van der Waals surface area contributed by atoms with E-state index >= 15 is 0 Å². The fourth-order valence-electron chi connectivity index (χ4n) is 3.25. The van der Waals surface area contributed by atoms with Gasteiger partial charge in [-0.25, -0.2) is 4.79 Å². The summed E-state index contributed by atoms with van der Waals surface area (Å²) in [5, 5.41) is 13.8. The molecule has 4 rings (SSSR count). The summed E-state index contributed by atoms with van der Waals surface area (Å²) in [6.45, 7) is 6.83. The average molecular weight is 394 g/mol. The molecule has 2 amide bonds. The van der Waals surface area contributed by atoms with Gasteiger partial charge in [-0.15, -0.1) is 21.5 Å². The minimum absolute atomic E-state index is 0.0486. The lowest BCUT2D eigenvalue weighted by atomic mass is 10.1. The Kier molecular flexibility index (Phi) is 5.25. The Labute approximate surface area is 168 Å². The Morgan fingerprint density at radius 1 is 1.04 bits per heavy atom. The van der Waals surface area contributed by atoms with Crippen LogP contribution in [0.3, 0.4) is 0 Å². The number of aromatic nitrogens is 2. The van der Waals surface area contributed by atoms with Gasteiger partial charge in [0.15, 0.2) is 5.82 Å². The van der Waals surface area contributed by atoms with Gasteiger partial charge in [0, 0.05) is 31.9 Å². The molecule has 28 heavy (non-hydrogen) atoms. The number of nitrogens with one attached hydrogen (secondary N) is 1. The molecule has 0 atom stereocenters. The highest BCUT2D eigenvalue weighted by atomic mass is 32.1. The molecule has 0 aliphatic carbocycles. The SMILES string of the molecule is Cc1ccc(C)c(NC(=O)N2CCN(c3ccc(-c4cccs4)nn3)CC2)c1. The summed E-state index contributed by atoms with van der Waals surface area (Å²) >= 11 is 1.66. The molecule has 1 aliphatic rings. The van der Waals surface area contributed by atoms with Crippen molar-refractivity contribution in [3.8, 4) is 10.6 Å². The second-order valence-corrected chi connectivity index (χ2v) is 7.92. The third-order valence-corrected chi connectivity index (χ3v) is 5.84. The molecule has 1 N–H and O–H groups in total. The molecule has 6 nitrogen and oxygen atoms in total. The monoisotopic (exact) mass is 393 g/mol. The molecular formula is C21H23N5OS. The summed E-state index contributed by atoms with van der Waals surface area (Å²) < 4.78 is 0. The summed E-state index contributed by atoms with van der Waals surface area (Å²) in [6.07, 6.45) is 0. The van der Waals surface area contributed by atoms with Gasteiger partial charge in [0.25, 0.3) is 0 Å². The first kappa shape index (κ1) is 18.4. The van der Waals surface area contributed by atoms with Crippen molar-refractivity contribution in [3.63, 3.8) is 0 Å². The number of aryl methyl sites for hydroxylation is 2. The van der Waals surface area contributed by atoms with E-state index < -0.39 is 0 Å². The zero-order valence-electron chi connectivity index (χ0n) is 16.1. The number of carbonyl (C=O) groups is 1. The Morgan fingerprint density at radius 2 is 1.86 bits per heavy atom. The van der Waals surface area contributed by atoms with Crippen LogP contribution in [0.15, 0.2) is 47.8 Å². The standard InChI is InChI=1S/C21H23N5OS/c1-15-5-6-16(2)18(14-15)22-21(27)26-11-9-25(10-12-26)20-8-7-17(23-24-20)19-4-3-13-28-19/h3-8,13-14H,9-12H2,1-2H3,(H,22,27). The van der Waals surface area contributed by atoms with E-state index in [1.54, 1.807) is 11.3 Å². The average Bonchev–Trinajstić information content (AvgIpc) is 3.26. The van der Waals surface area contributed by atoms with Crippen LogP contribution in [0.2, 0.25) is 0 Å². The van der Waals surface area contributed by atoms with Crippen molar-refractivity contribution in [2.45, 2.75) is 13.8 Å². The third kappa shape index (κ3) is 3.99. The predicted octanol–water partition coefficient (Wildman–Crippen LogP) is 4.18. The van der Waals surface area contributed by atoms with E-state index in [1.807, 2.05) is 60.5 Å². The molecule has 0 saturated carbocycles. The van der Waals surface area contributed by atoms with Crippen LogP contribution in [0.25, 0.3) is 10.6 Å². The first-order valence-electron chi connectivity index (χ1n) is 9.36. The molecule has 1 aliphatic heterocycles. The Hall–Kier alpha value is -2.93. The van der Waals surface area contributed by atoms with E-state index in [2.05, 4.69) is 26.5 Å². The molecule has 3 aromatic rings. The number of thiophene rings is 1. The molecule has 1 saturated heterocycles. The third-order valence-electron chi connectivity index (χ3n) is 4.95. The minimum Gasteiger partial charge on any atom is -0.352 e. The first-order chi connectivity index (χ1) is 13.6. The number of urea groups is 1. The lowest BCUT2D eigenvalue weighted by Gasteiger charge is -2.35. The highest BCUT2D eigenvalue weighted by molar-refractivity contribution is 7.13. The van der Waals surface area contributed by atoms with Gasteiger partial charge >= 0.3 is 6.03 Å². The Bertz CT molecular complexity index is 947. The van der Waals surface area contributed by atoms with Crippen molar-refractivity contribution in [1.82, 2.24) is 15.1 Å². The molecule has 144 valence electrons. The maximum Gasteiger partial charge on any atom is 0.321 e. The van der Waals surface area contributed by atoms with Crippen molar-refractivity contribution < 1.29 is 4.79 Å². The van der Waals surface area contributed by atoms with Crippen LogP contribution < -0.4 is 10.2 Å². The molecule has 0 unspecified atom stereocenters. The molecule has 3 heterocycles. The van der Waals surface area contributed by atoms with E-state index in [-0.39, 0.29) is 6.03 Å². The van der Waals surface area contributed by atoms with Gasteiger partial charge in [-0.3, -0.25) is 0 Å². The number of anilines is 2. The van der Waals surface area contributed by atoms with Gasteiger partial charge in [0.1, 0.15) is 5.69 Å². The van der Waals surface area contributed by atoms with E-state index in [0.717, 1.165) is 46.3 Å². The summed E-state index contributed by atoms with van der Waals surface area (Å²) in [7, 11) is 0. The number of carbonyl (C=O) groups excluding carboxylic acids is 1. The molecule has 7 heteroatoms. The van der Waals surface area contributed by atoms with E-state index in [1.165, 1.54) is 0 Å². The van der Waals surface area contributed by atoms with Gasteiger partial charge in [-0.2, -0.15) is 0 Å². The number of amides is 2. The van der Waals surface area contributed by atoms with Crippen LogP contribution in [-0.2, 0) is 0 Å². The van der Waals surface area contributed by atoms with E-state index in [9.17, 15) is 4.79 Å². The van der Waals surface area contributed by atoms with Crippen LogP contribution in [0, 0.1) is 13.8 Å². The quantitative estimate of drug-likeness (QED) is 0.725. The smallest absolute Gasteiger partial charge is 0.321 e. The zero-order valence-corrected chi connectivity index (χ0v) is 16.9. The van der Waals surface area contributed by atoms with E-state index in [0.29, 0.717) is 13.1 Å². The number of hydrogen-bond donors (Lipinski definition) is 1. The van der Waals surface area contributed by atoms with Crippen LogP contribution in [0.1, 0.15) is 11.1 Å². The van der Waals surface area contributed by atoms with Gasteiger partial charge in [-0.05, 0) is 54.6 Å². The number of hydrogen-bond acceptors (Lipinski definition) is 5. The molecule has 2 aromatic heterocycles. The fraction of sp³-hybridized carbons (Fsp3) is 0.286. The maximum atomic E-state index is 12.6. The summed E-state index contributed by atoms with van der Waals surface area (Å²) in [5.74, 6) is 0.856. The van der Waals surface area contributed by atoms with Crippen molar-refractivity contribution >= 4 is 28.9 Å². The summed E-state index contributed by atoms with van der Waals surface area (Å²) in [4.78, 5) is 17.8. The van der Waals surface area contributed by atoms with Gasteiger partial charge in [0.05, 0.1) is 4.88 Å². The van der Waals surface area contributed by atoms with Crippen molar-refractivity contribution in [2.75, 3.05) is 36.4 Å². The van der Waals surface area contributed by atoms with E-state index in [4.69, 9.17) is 0 Å². The van der Waals surface area contributed by atoms with Crippen molar-refractivity contribution in [3.05, 3.63) is 59.0 Å². The number of piperazine rings is 1. The Morgan fingerprint density at radius 3 is 2.54 bits per heavy atom. The normalized spacial score (nSPS) is 14.2. The molecule has 0 spiro atoms. The lowest BCUT2D eigenvalue weighted by molar-refractivity contribution is 0.208. The van der Waals surface area contributed by atoms with Gasteiger partial charge in [0.2, 0.25) is 0 Å². The second-order valence-electron chi connectivity index (χ2n) is 6.98. The van der Waals surface area contributed by atoms with Crippen LogP contribution in [-0.4, -0.2) is 47.3 Å². The highest BCUT2D eigenvalue weighted by Crippen LogP contribution is 2.23. The maximum absolute atomic E-state index is 12.6. The van der Waals surface area contributed by atoms with Crippen LogP contribution >= 0.6 is 11.3 Å². The number of rotatable bonds is 3. The van der Waals surface area contributed by atoms with Gasteiger partial charge < -0.3 is 15.1 Å². The Balaban J connectivity index is 1.35. The second kappa shape index (κ2) is 7.98.